The monoisotopic (exact) mass is 301 g/mol. The number of fused-ring (bicyclic) bond motifs is 1. The van der Waals surface area contributed by atoms with Gasteiger partial charge in [0, 0.05) is 25.7 Å². The van der Waals surface area contributed by atoms with Crippen molar-refractivity contribution in [3.8, 4) is 0 Å². The predicted molar refractivity (Wildman–Crippen MR) is 85.1 cm³/mol. The highest BCUT2D eigenvalue weighted by Crippen LogP contribution is 2.21. The summed E-state index contributed by atoms with van der Waals surface area (Å²) in [5, 5.41) is 14.2. The number of nitrogens with one attached hydrogen (secondary N) is 1. The van der Waals surface area contributed by atoms with Gasteiger partial charge in [-0.15, -0.1) is 0 Å². The lowest BCUT2D eigenvalue weighted by Crippen LogP contribution is -2.37. The van der Waals surface area contributed by atoms with Gasteiger partial charge >= 0.3 is 0 Å². The molecule has 3 rings (SSSR count). The van der Waals surface area contributed by atoms with Crippen molar-refractivity contribution in [3.63, 3.8) is 0 Å². The molecule has 1 aromatic heterocycles. The van der Waals surface area contributed by atoms with Crippen molar-refractivity contribution in [2.75, 3.05) is 31.6 Å². The van der Waals surface area contributed by atoms with Crippen molar-refractivity contribution < 1.29 is 4.92 Å². The summed E-state index contributed by atoms with van der Waals surface area (Å²) in [6.07, 6.45) is 4.12. The van der Waals surface area contributed by atoms with Gasteiger partial charge in [0.15, 0.2) is 0 Å². The van der Waals surface area contributed by atoms with Crippen LogP contribution in [0, 0.1) is 16.0 Å². The first-order valence-corrected chi connectivity index (χ1v) is 7.46. The second-order valence-electron chi connectivity index (χ2n) is 5.75. The smallest absolute Gasteiger partial charge is 0.271 e. The third kappa shape index (κ3) is 3.14. The molecule has 1 aromatic carbocycles. The van der Waals surface area contributed by atoms with Gasteiger partial charge in [-0.1, -0.05) is 0 Å². The Morgan fingerprint density at radius 1 is 1.45 bits per heavy atom. The summed E-state index contributed by atoms with van der Waals surface area (Å²) in [6.45, 7) is 3.08. The number of nitrogens with zero attached hydrogens (tertiary/aromatic N) is 4. The number of benzene rings is 1. The molecule has 0 aliphatic carbocycles. The van der Waals surface area contributed by atoms with Crippen LogP contribution in [0.3, 0.4) is 0 Å². The molecule has 2 heterocycles. The van der Waals surface area contributed by atoms with E-state index in [4.69, 9.17) is 0 Å². The molecule has 2 aromatic rings. The predicted octanol–water partition coefficient (Wildman–Crippen LogP) is 1.97. The first kappa shape index (κ1) is 14.6. The Hall–Kier alpha value is -2.28. The number of hydrogen-bond donors (Lipinski definition) is 1. The van der Waals surface area contributed by atoms with Gasteiger partial charge in [-0.2, -0.15) is 0 Å². The third-order valence-corrected chi connectivity index (χ3v) is 4.05. The SMILES string of the molecule is CN(C[C@H]1CCCNC1)c1cnc2cc([N+](=O)[O-])ccc2n1. The number of hydrogen-bond acceptors (Lipinski definition) is 6. The van der Waals surface area contributed by atoms with Gasteiger partial charge in [-0.05, 0) is 37.9 Å². The van der Waals surface area contributed by atoms with E-state index < -0.39 is 4.92 Å². The summed E-state index contributed by atoms with van der Waals surface area (Å²) in [4.78, 5) is 21.3. The van der Waals surface area contributed by atoms with E-state index in [-0.39, 0.29) is 5.69 Å². The average molecular weight is 301 g/mol. The van der Waals surface area contributed by atoms with Crippen molar-refractivity contribution in [2.45, 2.75) is 12.8 Å². The first-order chi connectivity index (χ1) is 10.6. The van der Waals surface area contributed by atoms with E-state index in [1.807, 2.05) is 7.05 Å². The highest BCUT2D eigenvalue weighted by Gasteiger charge is 2.16. The fraction of sp³-hybridized carbons (Fsp3) is 0.467. The van der Waals surface area contributed by atoms with Crippen LogP contribution in [-0.4, -0.2) is 41.6 Å². The van der Waals surface area contributed by atoms with E-state index in [0.29, 0.717) is 17.0 Å². The Labute approximate surface area is 128 Å². The van der Waals surface area contributed by atoms with Crippen LogP contribution in [0.2, 0.25) is 0 Å². The molecule has 1 aliphatic heterocycles. The maximum absolute atomic E-state index is 10.8. The number of piperidine rings is 1. The van der Waals surface area contributed by atoms with Gasteiger partial charge in [0.05, 0.1) is 22.2 Å². The highest BCUT2D eigenvalue weighted by molar-refractivity contribution is 5.78. The van der Waals surface area contributed by atoms with Crippen molar-refractivity contribution in [1.29, 1.82) is 0 Å². The van der Waals surface area contributed by atoms with E-state index in [9.17, 15) is 10.1 Å². The molecular weight excluding hydrogens is 282 g/mol. The standard InChI is InChI=1S/C15H19N5O2/c1-19(10-11-3-2-6-16-8-11)15-9-17-14-7-12(20(21)22)4-5-13(14)18-15/h4-5,7,9,11,16H,2-3,6,8,10H2,1H3/t11-/m0/s1. The molecule has 1 fully saturated rings. The van der Waals surface area contributed by atoms with Crippen LogP contribution in [0.15, 0.2) is 24.4 Å². The molecular formula is C15H19N5O2. The Bertz CT molecular complexity index is 685. The Morgan fingerprint density at radius 2 is 2.32 bits per heavy atom. The molecule has 116 valence electrons. The quantitative estimate of drug-likeness (QED) is 0.686. The van der Waals surface area contributed by atoms with E-state index >= 15 is 0 Å². The molecule has 1 saturated heterocycles. The first-order valence-electron chi connectivity index (χ1n) is 7.46. The molecule has 0 unspecified atom stereocenters. The highest BCUT2D eigenvalue weighted by atomic mass is 16.6. The fourth-order valence-corrected chi connectivity index (χ4v) is 2.85. The lowest BCUT2D eigenvalue weighted by Gasteiger charge is -2.28. The van der Waals surface area contributed by atoms with Crippen LogP contribution in [0.4, 0.5) is 11.5 Å². The molecule has 7 nitrogen and oxygen atoms in total. The molecule has 1 atom stereocenters. The molecule has 0 radical (unpaired) electrons. The molecule has 1 N–H and O–H groups in total. The number of nitro benzene ring substituents is 1. The van der Waals surface area contributed by atoms with E-state index in [0.717, 1.165) is 25.5 Å². The van der Waals surface area contributed by atoms with Crippen LogP contribution in [0.5, 0.6) is 0 Å². The van der Waals surface area contributed by atoms with E-state index in [1.54, 1.807) is 12.3 Å². The van der Waals surface area contributed by atoms with Gasteiger partial charge < -0.3 is 10.2 Å². The molecule has 0 spiro atoms. The van der Waals surface area contributed by atoms with E-state index in [2.05, 4.69) is 20.2 Å². The largest absolute Gasteiger partial charge is 0.358 e. The molecule has 1 aliphatic rings. The number of nitro groups is 1. The number of non-ortho nitro benzene ring substituents is 1. The van der Waals surface area contributed by atoms with Crippen molar-refractivity contribution in [2.24, 2.45) is 5.92 Å². The lowest BCUT2D eigenvalue weighted by molar-refractivity contribution is -0.384. The molecule has 0 amide bonds. The minimum atomic E-state index is -0.419. The summed E-state index contributed by atoms with van der Waals surface area (Å²) in [5.74, 6) is 1.42. The maximum Gasteiger partial charge on any atom is 0.271 e. The minimum Gasteiger partial charge on any atom is -0.358 e. The van der Waals surface area contributed by atoms with Crippen LogP contribution in [-0.2, 0) is 0 Å². The molecule has 7 heteroatoms. The van der Waals surface area contributed by atoms with Crippen LogP contribution in [0.1, 0.15) is 12.8 Å². The summed E-state index contributed by atoms with van der Waals surface area (Å²) in [6, 6.07) is 4.57. The lowest BCUT2D eigenvalue weighted by atomic mass is 9.99. The summed E-state index contributed by atoms with van der Waals surface area (Å²) < 4.78 is 0. The number of anilines is 1. The van der Waals surface area contributed by atoms with Gasteiger partial charge in [-0.3, -0.25) is 15.1 Å². The van der Waals surface area contributed by atoms with Gasteiger partial charge in [-0.25, -0.2) is 4.98 Å². The van der Waals surface area contributed by atoms with Crippen molar-refractivity contribution in [3.05, 3.63) is 34.5 Å². The maximum atomic E-state index is 10.8. The average Bonchev–Trinajstić information content (AvgIpc) is 2.54. The number of rotatable bonds is 4. The normalized spacial score (nSPS) is 18.3. The fourth-order valence-electron chi connectivity index (χ4n) is 2.85. The minimum absolute atomic E-state index is 0.0381. The second-order valence-corrected chi connectivity index (χ2v) is 5.75. The zero-order valence-electron chi connectivity index (χ0n) is 12.5. The van der Waals surface area contributed by atoms with Crippen LogP contribution >= 0.6 is 0 Å². The summed E-state index contributed by atoms with van der Waals surface area (Å²) >= 11 is 0. The van der Waals surface area contributed by atoms with Crippen molar-refractivity contribution in [1.82, 2.24) is 15.3 Å². The Balaban J connectivity index is 1.78. The summed E-state index contributed by atoms with van der Waals surface area (Å²) in [7, 11) is 2.01. The van der Waals surface area contributed by atoms with Crippen LogP contribution in [0.25, 0.3) is 11.0 Å². The Morgan fingerprint density at radius 3 is 3.05 bits per heavy atom. The third-order valence-electron chi connectivity index (χ3n) is 4.05. The molecule has 0 saturated carbocycles. The topological polar surface area (TPSA) is 84.2 Å². The van der Waals surface area contributed by atoms with Gasteiger partial charge in [0.2, 0.25) is 0 Å². The molecule has 0 bridgehead atoms. The zero-order valence-corrected chi connectivity index (χ0v) is 12.5. The number of aromatic nitrogens is 2. The second kappa shape index (κ2) is 6.23. The van der Waals surface area contributed by atoms with Crippen LogP contribution < -0.4 is 10.2 Å². The zero-order chi connectivity index (χ0) is 15.5. The molecule has 22 heavy (non-hydrogen) atoms. The van der Waals surface area contributed by atoms with Gasteiger partial charge in [0.1, 0.15) is 5.82 Å². The van der Waals surface area contributed by atoms with Crippen molar-refractivity contribution >= 4 is 22.5 Å². The summed E-state index contributed by atoms with van der Waals surface area (Å²) in [5.41, 5.74) is 1.26. The Kier molecular flexibility index (Phi) is 4.15. The van der Waals surface area contributed by atoms with Gasteiger partial charge in [0.25, 0.3) is 5.69 Å². The van der Waals surface area contributed by atoms with E-state index in [1.165, 1.54) is 25.0 Å².